The lowest BCUT2D eigenvalue weighted by Crippen LogP contribution is -2.26. The molecule has 0 aliphatic carbocycles. The number of carbonyl (C=O) groups is 3. The van der Waals surface area contributed by atoms with E-state index in [9.17, 15) is 19.5 Å². The largest absolute Gasteiger partial charge is 0.506 e. The molecule has 14 nitrogen and oxygen atoms in total. The SMILES string of the molecule is CCOCCOCCNC(=O)C#CC(=O)CCCOCCOCCC(=O)Nc1cc(C[C@H](C)CC(C)C(C)(C)C)ccc1O.O=C=O.O=C=O. The Kier molecular flexibility index (Phi) is 29.5. The molecular weight excluding hydrogens is 652 g/mol. The molecule has 0 aromatic heterocycles. The molecule has 14 heteroatoms. The van der Waals surface area contributed by atoms with Gasteiger partial charge in [-0.2, -0.15) is 19.2 Å². The van der Waals surface area contributed by atoms with Gasteiger partial charge in [0.2, 0.25) is 11.7 Å². The van der Waals surface area contributed by atoms with Gasteiger partial charge < -0.3 is 34.7 Å². The molecule has 2 atom stereocenters. The van der Waals surface area contributed by atoms with Crippen LogP contribution in [-0.2, 0) is 58.9 Å². The van der Waals surface area contributed by atoms with Gasteiger partial charge in [-0.25, -0.2) is 0 Å². The average molecular weight is 707 g/mol. The van der Waals surface area contributed by atoms with Crippen molar-refractivity contribution in [2.24, 2.45) is 17.3 Å². The van der Waals surface area contributed by atoms with Crippen LogP contribution in [0.4, 0.5) is 5.69 Å². The van der Waals surface area contributed by atoms with Crippen molar-refractivity contribution >= 4 is 35.6 Å². The van der Waals surface area contributed by atoms with Gasteiger partial charge in [-0.1, -0.05) is 40.7 Å². The van der Waals surface area contributed by atoms with Crippen LogP contribution in [0, 0.1) is 29.1 Å². The molecule has 0 spiro atoms. The number of Topliss-reactive ketones (excluding diaryl/α,β-unsaturated/α-hetero) is 1. The Morgan fingerprint density at radius 1 is 0.820 bits per heavy atom. The minimum atomic E-state index is -0.523. The van der Waals surface area contributed by atoms with E-state index in [1.165, 1.54) is 0 Å². The van der Waals surface area contributed by atoms with Crippen molar-refractivity contribution in [2.75, 3.05) is 64.7 Å². The van der Waals surface area contributed by atoms with Crippen molar-refractivity contribution in [3.63, 3.8) is 0 Å². The summed E-state index contributed by atoms with van der Waals surface area (Å²) in [6.07, 6.45) is 3.28. The summed E-state index contributed by atoms with van der Waals surface area (Å²) in [4.78, 5) is 68.4. The number of nitrogens with one attached hydrogen (secondary N) is 2. The normalized spacial score (nSPS) is 11.4. The molecule has 280 valence electrons. The maximum absolute atomic E-state index is 12.4. The van der Waals surface area contributed by atoms with Crippen molar-refractivity contribution in [3.05, 3.63) is 23.8 Å². The van der Waals surface area contributed by atoms with Crippen molar-refractivity contribution in [2.45, 2.75) is 73.6 Å². The molecule has 1 rings (SSSR count). The molecule has 0 heterocycles. The number of ether oxygens (including phenoxy) is 4. The highest BCUT2D eigenvalue weighted by atomic mass is 16.5. The molecule has 0 saturated heterocycles. The minimum absolute atomic E-state index is 0.0368. The lowest BCUT2D eigenvalue weighted by molar-refractivity contribution is -0.193. The molecule has 1 aromatic rings. The zero-order chi connectivity index (χ0) is 38.2. The Bertz CT molecular complexity index is 1230. The van der Waals surface area contributed by atoms with Crippen LogP contribution in [0.25, 0.3) is 0 Å². The first kappa shape index (κ1) is 47.9. The monoisotopic (exact) mass is 706 g/mol. The van der Waals surface area contributed by atoms with Crippen LogP contribution < -0.4 is 10.6 Å². The molecule has 1 unspecified atom stereocenters. The van der Waals surface area contributed by atoms with Crippen LogP contribution in [0.2, 0.25) is 0 Å². The summed E-state index contributed by atoms with van der Waals surface area (Å²) in [7, 11) is 0. The predicted octanol–water partition coefficient (Wildman–Crippen LogP) is 3.36. The van der Waals surface area contributed by atoms with Crippen LogP contribution in [0.5, 0.6) is 5.75 Å². The van der Waals surface area contributed by atoms with Gasteiger partial charge in [-0.3, -0.25) is 14.4 Å². The second kappa shape index (κ2) is 30.8. The van der Waals surface area contributed by atoms with Crippen molar-refractivity contribution < 1.29 is 57.6 Å². The van der Waals surface area contributed by atoms with Crippen LogP contribution in [-0.4, -0.2) is 94.4 Å². The molecule has 0 saturated carbocycles. The van der Waals surface area contributed by atoms with Gasteiger partial charge in [-0.05, 0) is 67.1 Å². The van der Waals surface area contributed by atoms with Crippen LogP contribution >= 0.6 is 0 Å². The molecule has 0 aliphatic rings. The summed E-state index contributed by atoms with van der Waals surface area (Å²) in [5.74, 6) is 4.61. The Morgan fingerprint density at radius 3 is 2.00 bits per heavy atom. The first-order valence-corrected chi connectivity index (χ1v) is 16.5. The van der Waals surface area contributed by atoms with E-state index in [2.05, 4.69) is 57.1 Å². The number of amides is 2. The van der Waals surface area contributed by atoms with E-state index in [4.69, 9.17) is 38.1 Å². The summed E-state index contributed by atoms with van der Waals surface area (Å²) >= 11 is 0. The third kappa shape index (κ3) is 28.8. The Hall–Kier alpha value is -4.21. The Morgan fingerprint density at radius 2 is 1.40 bits per heavy atom. The standard InChI is InChI=1S/C34H54N2O8.2CO2/c1-7-41-19-20-44-18-15-35-32(39)13-11-29(37)9-8-16-42-21-22-43-17-14-33(40)36-30-25-28(10-12-31(30)38)24-26(2)23-27(3)34(4,5)6;2*2-1-3/h10,12,25-27,38H,7-9,14-24H2,1-6H3,(H,35,39)(H,36,40);;/t26-,27?;;/m1../s1. The zero-order valence-electron chi connectivity index (χ0n) is 30.2. The number of aromatic hydroxyl groups is 1. The van der Waals surface area contributed by atoms with Gasteiger partial charge in [0, 0.05) is 32.1 Å². The third-order valence-electron chi connectivity index (χ3n) is 7.12. The molecule has 0 aliphatic heterocycles. The highest BCUT2D eigenvalue weighted by Gasteiger charge is 2.22. The molecule has 0 bridgehead atoms. The van der Waals surface area contributed by atoms with Gasteiger partial charge in [0.25, 0.3) is 5.91 Å². The van der Waals surface area contributed by atoms with Gasteiger partial charge in [0.1, 0.15) is 5.75 Å². The molecule has 0 radical (unpaired) electrons. The lowest BCUT2D eigenvalue weighted by atomic mass is 9.76. The van der Waals surface area contributed by atoms with Gasteiger partial charge in [-0.15, -0.1) is 0 Å². The molecule has 2 amide bonds. The fourth-order valence-corrected chi connectivity index (χ4v) is 4.12. The Balaban J connectivity index is 0. The maximum Gasteiger partial charge on any atom is 0.373 e. The summed E-state index contributed by atoms with van der Waals surface area (Å²) in [6.45, 7) is 16.7. The van der Waals surface area contributed by atoms with E-state index in [1.807, 2.05) is 19.1 Å². The predicted molar refractivity (Wildman–Crippen MR) is 181 cm³/mol. The topological polar surface area (TPSA) is 201 Å². The first-order chi connectivity index (χ1) is 23.7. The number of anilines is 1. The average Bonchev–Trinajstić information content (AvgIpc) is 3.04. The maximum atomic E-state index is 12.4. The summed E-state index contributed by atoms with van der Waals surface area (Å²) in [5.41, 5.74) is 1.74. The highest BCUT2D eigenvalue weighted by molar-refractivity contribution is 6.03. The summed E-state index contributed by atoms with van der Waals surface area (Å²) in [5, 5.41) is 15.6. The molecule has 50 heavy (non-hydrogen) atoms. The van der Waals surface area contributed by atoms with Crippen molar-refractivity contribution in [3.8, 4) is 17.6 Å². The second-order valence-electron chi connectivity index (χ2n) is 12.2. The van der Waals surface area contributed by atoms with E-state index in [-0.39, 0.29) is 54.6 Å². The quantitative estimate of drug-likeness (QED) is 0.0688. The van der Waals surface area contributed by atoms with Crippen LogP contribution in [0.3, 0.4) is 0 Å². The number of rotatable bonds is 22. The smallest absolute Gasteiger partial charge is 0.373 e. The van der Waals surface area contributed by atoms with Gasteiger partial charge in [0.05, 0.1) is 51.7 Å². The first-order valence-electron chi connectivity index (χ1n) is 16.5. The number of ketones is 1. The highest BCUT2D eigenvalue weighted by Crippen LogP contribution is 2.32. The van der Waals surface area contributed by atoms with E-state index in [0.717, 1.165) is 18.4 Å². The van der Waals surface area contributed by atoms with Crippen molar-refractivity contribution in [1.29, 1.82) is 0 Å². The number of hydrogen-bond donors (Lipinski definition) is 3. The van der Waals surface area contributed by atoms with E-state index in [1.54, 1.807) is 6.07 Å². The number of carbonyl (C=O) groups excluding carboxylic acids is 7. The number of hydrogen-bond acceptors (Lipinski definition) is 12. The molecule has 1 aromatic carbocycles. The number of benzene rings is 1. The van der Waals surface area contributed by atoms with Crippen LogP contribution in [0.15, 0.2) is 18.2 Å². The van der Waals surface area contributed by atoms with Crippen molar-refractivity contribution in [1.82, 2.24) is 5.32 Å². The zero-order valence-corrected chi connectivity index (χ0v) is 30.2. The molecule has 3 N–H and O–H groups in total. The third-order valence-corrected chi connectivity index (χ3v) is 7.12. The van der Waals surface area contributed by atoms with Gasteiger partial charge >= 0.3 is 12.3 Å². The fraction of sp³-hybridized carbons (Fsp3) is 0.639. The summed E-state index contributed by atoms with van der Waals surface area (Å²) in [6, 6.07) is 5.37. The number of phenolic OH excluding ortho intramolecular Hbond substituents is 1. The molecular formula is C36H54N2O12. The summed E-state index contributed by atoms with van der Waals surface area (Å²) < 4.78 is 21.3. The Labute approximate surface area is 295 Å². The molecule has 0 fully saturated rings. The second-order valence-corrected chi connectivity index (χ2v) is 12.2. The van der Waals surface area contributed by atoms with E-state index >= 15 is 0 Å². The van der Waals surface area contributed by atoms with E-state index < -0.39 is 5.91 Å². The van der Waals surface area contributed by atoms with Crippen LogP contribution in [0.1, 0.15) is 72.8 Å². The fourth-order valence-electron chi connectivity index (χ4n) is 4.12. The lowest BCUT2D eigenvalue weighted by Gasteiger charge is -2.29. The number of phenols is 1. The minimum Gasteiger partial charge on any atom is -0.506 e. The van der Waals surface area contributed by atoms with Gasteiger partial charge in [0.15, 0.2) is 0 Å². The van der Waals surface area contributed by atoms with E-state index in [0.29, 0.717) is 76.7 Å².